The highest BCUT2D eigenvalue weighted by Gasteiger charge is 2.18. The van der Waals surface area contributed by atoms with Gasteiger partial charge in [-0.25, -0.2) is 4.98 Å². The van der Waals surface area contributed by atoms with Crippen LogP contribution in [0.25, 0.3) is 11.3 Å². The number of thioether (sulfide) groups is 1. The Morgan fingerprint density at radius 2 is 2.11 bits per heavy atom. The summed E-state index contributed by atoms with van der Waals surface area (Å²) in [5.41, 5.74) is 4.77. The zero-order valence-corrected chi connectivity index (χ0v) is 17.0. The van der Waals surface area contributed by atoms with E-state index < -0.39 is 6.10 Å². The van der Waals surface area contributed by atoms with Crippen LogP contribution in [0.2, 0.25) is 0 Å². The Kier molecular flexibility index (Phi) is 5.13. The van der Waals surface area contributed by atoms with E-state index in [0.29, 0.717) is 0 Å². The van der Waals surface area contributed by atoms with Crippen molar-refractivity contribution in [2.75, 3.05) is 11.1 Å². The molecule has 1 aliphatic heterocycles. The summed E-state index contributed by atoms with van der Waals surface area (Å²) in [6, 6.07) is 13.8. The van der Waals surface area contributed by atoms with Crippen LogP contribution in [0.4, 0.5) is 5.69 Å². The third-order valence-corrected chi connectivity index (χ3v) is 5.72. The number of aryl methyl sites for hydroxylation is 3. The second-order valence-electron chi connectivity index (χ2n) is 7.05. The molecular weight excluding hydrogens is 370 g/mol. The summed E-state index contributed by atoms with van der Waals surface area (Å²) in [5.74, 6) is 1.64. The third kappa shape index (κ3) is 3.92. The summed E-state index contributed by atoms with van der Waals surface area (Å²) < 4.78 is 8.06. The van der Waals surface area contributed by atoms with Gasteiger partial charge in [-0.05, 0) is 50.1 Å². The van der Waals surface area contributed by atoms with Crippen molar-refractivity contribution in [1.82, 2.24) is 9.55 Å². The smallest absolute Gasteiger partial charge is 0.265 e. The molecule has 1 amide bonds. The van der Waals surface area contributed by atoms with Crippen LogP contribution >= 0.6 is 11.8 Å². The van der Waals surface area contributed by atoms with Gasteiger partial charge in [0.1, 0.15) is 5.75 Å². The maximum Gasteiger partial charge on any atom is 0.265 e. The van der Waals surface area contributed by atoms with Crippen molar-refractivity contribution >= 4 is 23.4 Å². The molecule has 0 aliphatic carbocycles. The summed E-state index contributed by atoms with van der Waals surface area (Å²) in [5, 5.41) is 4.01. The number of carbonyl (C=O) groups is 1. The molecule has 1 atom stereocenters. The number of nitrogens with one attached hydrogen (secondary N) is 1. The fraction of sp³-hybridized carbons (Fsp3) is 0.273. The molecule has 2 heterocycles. The van der Waals surface area contributed by atoms with Gasteiger partial charge in [-0.15, -0.1) is 0 Å². The van der Waals surface area contributed by atoms with Crippen molar-refractivity contribution in [2.45, 2.75) is 38.6 Å². The molecule has 6 heteroatoms. The number of anilines is 1. The Balaban J connectivity index is 1.46. The van der Waals surface area contributed by atoms with Crippen LogP contribution in [-0.4, -0.2) is 27.3 Å². The van der Waals surface area contributed by atoms with E-state index in [4.69, 9.17) is 4.74 Å². The van der Waals surface area contributed by atoms with E-state index >= 15 is 0 Å². The molecule has 0 spiro atoms. The number of aromatic nitrogens is 2. The van der Waals surface area contributed by atoms with Gasteiger partial charge < -0.3 is 14.6 Å². The summed E-state index contributed by atoms with van der Waals surface area (Å²) in [6.07, 6.45) is 1.47. The predicted molar refractivity (Wildman–Crippen MR) is 113 cm³/mol. The molecule has 2 aromatic carbocycles. The fourth-order valence-corrected chi connectivity index (χ4v) is 4.07. The first-order chi connectivity index (χ1) is 13.5. The average Bonchev–Trinajstić information content (AvgIpc) is 3.27. The number of ether oxygens (including phenoxy) is 1. The Hall–Kier alpha value is -2.73. The average molecular weight is 394 g/mol. The van der Waals surface area contributed by atoms with Crippen molar-refractivity contribution in [3.63, 3.8) is 0 Å². The highest BCUT2D eigenvalue weighted by atomic mass is 32.2. The lowest BCUT2D eigenvalue weighted by Crippen LogP contribution is -2.30. The Morgan fingerprint density at radius 1 is 1.25 bits per heavy atom. The molecule has 4 rings (SSSR count). The first-order valence-corrected chi connectivity index (χ1v) is 10.3. The zero-order valence-electron chi connectivity index (χ0n) is 16.2. The molecule has 0 saturated heterocycles. The molecule has 28 heavy (non-hydrogen) atoms. The molecular formula is C22H23N3O2S. The Labute approximate surface area is 169 Å². The maximum absolute atomic E-state index is 12.6. The Morgan fingerprint density at radius 3 is 2.93 bits per heavy atom. The van der Waals surface area contributed by atoms with Gasteiger partial charge in [-0.1, -0.05) is 36.0 Å². The van der Waals surface area contributed by atoms with Crippen LogP contribution < -0.4 is 10.1 Å². The minimum absolute atomic E-state index is 0.180. The molecule has 1 unspecified atom stereocenters. The van der Waals surface area contributed by atoms with Gasteiger partial charge in [0.15, 0.2) is 11.3 Å². The second kappa shape index (κ2) is 7.72. The summed E-state index contributed by atoms with van der Waals surface area (Å²) in [4.78, 5) is 17.3. The normalized spacial score (nSPS) is 13.8. The number of amides is 1. The summed E-state index contributed by atoms with van der Waals surface area (Å²) >= 11 is 1.77. The minimum Gasteiger partial charge on any atom is -0.481 e. The molecule has 5 nitrogen and oxygen atoms in total. The van der Waals surface area contributed by atoms with Gasteiger partial charge >= 0.3 is 0 Å². The van der Waals surface area contributed by atoms with Gasteiger partial charge in [-0.3, -0.25) is 4.79 Å². The van der Waals surface area contributed by atoms with E-state index in [9.17, 15) is 4.79 Å². The van der Waals surface area contributed by atoms with E-state index in [-0.39, 0.29) is 5.91 Å². The van der Waals surface area contributed by atoms with Gasteiger partial charge in [0, 0.05) is 29.7 Å². The van der Waals surface area contributed by atoms with E-state index in [1.165, 1.54) is 0 Å². The van der Waals surface area contributed by atoms with Crippen molar-refractivity contribution in [3.8, 4) is 17.0 Å². The van der Waals surface area contributed by atoms with Crippen LogP contribution in [-0.2, 0) is 11.3 Å². The molecule has 0 bridgehead atoms. The van der Waals surface area contributed by atoms with Crippen molar-refractivity contribution in [1.29, 1.82) is 0 Å². The van der Waals surface area contributed by atoms with Crippen LogP contribution in [0.5, 0.6) is 5.75 Å². The summed E-state index contributed by atoms with van der Waals surface area (Å²) in [7, 11) is 0. The number of nitrogens with zero attached hydrogens (tertiary/aromatic N) is 2. The molecule has 0 saturated carbocycles. The molecule has 1 aliphatic rings. The molecule has 1 aromatic heterocycles. The standard InChI is InChI=1S/C22H23N3O2S/c1-14-7-8-15(2)20(11-14)27-16(3)21(26)23-18-6-4-5-17(12-18)19-13-25-9-10-28-22(25)24-19/h4-8,11-13,16H,9-10H2,1-3H3,(H,23,26). The first kappa shape index (κ1) is 18.6. The molecule has 0 fully saturated rings. The van der Waals surface area contributed by atoms with E-state index in [1.54, 1.807) is 18.7 Å². The molecule has 0 radical (unpaired) electrons. The maximum atomic E-state index is 12.6. The largest absolute Gasteiger partial charge is 0.481 e. The minimum atomic E-state index is -0.600. The summed E-state index contributed by atoms with van der Waals surface area (Å²) in [6.45, 7) is 6.74. The molecule has 3 aromatic rings. The number of hydrogen-bond acceptors (Lipinski definition) is 4. The van der Waals surface area contributed by atoms with Crippen LogP contribution in [0.15, 0.2) is 53.8 Å². The second-order valence-corrected chi connectivity index (χ2v) is 8.11. The number of imidazole rings is 1. The van der Waals surface area contributed by atoms with Crippen LogP contribution in [0, 0.1) is 13.8 Å². The highest BCUT2D eigenvalue weighted by Crippen LogP contribution is 2.30. The van der Waals surface area contributed by atoms with E-state index in [0.717, 1.165) is 51.3 Å². The lowest BCUT2D eigenvalue weighted by Gasteiger charge is -2.17. The van der Waals surface area contributed by atoms with E-state index in [2.05, 4.69) is 21.1 Å². The molecule has 1 N–H and O–H groups in total. The van der Waals surface area contributed by atoms with Gasteiger partial charge in [0.25, 0.3) is 5.91 Å². The van der Waals surface area contributed by atoms with Crippen LogP contribution in [0.1, 0.15) is 18.1 Å². The topological polar surface area (TPSA) is 56.1 Å². The Bertz CT molecular complexity index is 1010. The van der Waals surface area contributed by atoms with E-state index in [1.807, 2.05) is 56.3 Å². The number of hydrogen-bond donors (Lipinski definition) is 1. The lowest BCUT2D eigenvalue weighted by atomic mass is 10.1. The van der Waals surface area contributed by atoms with Crippen LogP contribution in [0.3, 0.4) is 0 Å². The zero-order chi connectivity index (χ0) is 19.7. The number of benzene rings is 2. The first-order valence-electron chi connectivity index (χ1n) is 9.35. The SMILES string of the molecule is Cc1ccc(C)c(OC(C)C(=O)Nc2cccc(-c3cn4c(n3)SCC4)c2)c1. The fourth-order valence-electron chi connectivity index (χ4n) is 3.13. The quantitative estimate of drug-likeness (QED) is 0.684. The molecule has 144 valence electrons. The predicted octanol–water partition coefficient (Wildman–Crippen LogP) is 4.68. The third-order valence-electron chi connectivity index (χ3n) is 4.75. The highest BCUT2D eigenvalue weighted by molar-refractivity contribution is 7.99. The van der Waals surface area contributed by atoms with Crippen molar-refractivity contribution < 1.29 is 9.53 Å². The lowest BCUT2D eigenvalue weighted by molar-refractivity contribution is -0.122. The number of carbonyl (C=O) groups excluding carboxylic acids is 1. The van der Waals surface area contributed by atoms with Gasteiger partial charge in [0.05, 0.1) is 5.69 Å². The van der Waals surface area contributed by atoms with Crippen molar-refractivity contribution in [3.05, 3.63) is 59.8 Å². The monoisotopic (exact) mass is 393 g/mol. The number of fused-ring (bicyclic) bond motifs is 1. The number of rotatable bonds is 5. The van der Waals surface area contributed by atoms with Gasteiger partial charge in [-0.2, -0.15) is 0 Å². The van der Waals surface area contributed by atoms with Crippen molar-refractivity contribution in [2.24, 2.45) is 0 Å². The van der Waals surface area contributed by atoms with Gasteiger partial charge in [0.2, 0.25) is 0 Å².